The maximum absolute atomic E-state index is 5.99. The molecule has 0 aliphatic carbocycles. The minimum absolute atomic E-state index is 0.543. The number of nitrogens with zero attached hydrogens (tertiary/aromatic N) is 3. The van der Waals surface area contributed by atoms with Gasteiger partial charge in [-0.05, 0) is 30.7 Å². The first kappa shape index (κ1) is 15.6. The first-order valence-electron chi connectivity index (χ1n) is 7.26. The molecule has 23 heavy (non-hydrogen) atoms. The van der Waals surface area contributed by atoms with E-state index in [1.54, 1.807) is 17.3 Å². The highest BCUT2D eigenvalue weighted by molar-refractivity contribution is 9.10. The summed E-state index contributed by atoms with van der Waals surface area (Å²) >= 11 is 3.50. The van der Waals surface area contributed by atoms with E-state index >= 15 is 0 Å². The largest absolute Gasteiger partial charge is 0.489 e. The van der Waals surface area contributed by atoms with E-state index in [-0.39, 0.29) is 0 Å². The van der Waals surface area contributed by atoms with Crippen molar-refractivity contribution < 1.29 is 4.74 Å². The summed E-state index contributed by atoms with van der Waals surface area (Å²) in [6, 6.07) is 14.4. The molecule has 118 valence electrons. The van der Waals surface area contributed by atoms with Gasteiger partial charge < -0.3 is 10.2 Å². The highest BCUT2D eigenvalue weighted by Crippen LogP contribution is 2.24. The summed E-state index contributed by atoms with van der Waals surface area (Å²) in [7, 11) is 0. The van der Waals surface area contributed by atoms with E-state index < -0.39 is 0 Å². The van der Waals surface area contributed by atoms with Crippen LogP contribution in [0.4, 0.5) is 0 Å². The van der Waals surface area contributed by atoms with Gasteiger partial charge in [-0.2, -0.15) is 0 Å². The first-order valence-corrected chi connectivity index (χ1v) is 8.05. The lowest BCUT2D eigenvalue weighted by atomic mass is 10.1. The molecule has 0 fully saturated rings. The predicted octanol–water partition coefficient (Wildman–Crippen LogP) is 3.67. The van der Waals surface area contributed by atoms with Crippen LogP contribution in [0.5, 0.6) is 5.75 Å². The number of halogens is 1. The molecule has 6 heteroatoms. The Morgan fingerprint density at radius 1 is 1.09 bits per heavy atom. The molecule has 0 spiro atoms. The SMILES string of the molecule is Cc1ccc(COc2ccc(Br)cc2CNn2cnnc2)cc1. The maximum Gasteiger partial charge on any atom is 0.138 e. The number of ether oxygens (including phenoxy) is 1. The van der Waals surface area contributed by atoms with Crippen LogP contribution in [-0.2, 0) is 13.2 Å². The van der Waals surface area contributed by atoms with Crippen molar-refractivity contribution in [3.63, 3.8) is 0 Å². The van der Waals surface area contributed by atoms with Gasteiger partial charge in [-0.1, -0.05) is 45.8 Å². The standard InChI is InChI=1S/C17H17BrN4O/c1-13-2-4-14(5-3-13)10-23-17-7-6-16(18)8-15(17)9-21-22-11-19-20-12-22/h2-8,11-12,21H,9-10H2,1H3. The third-order valence-corrected chi connectivity index (χ3v) is 3.90. The number of benzene rings is 2. The fraction of sp³-hybridized carbons (Fsp3) is 0.176. The Labute approximate surface area is 143 Å². The van der Waals surface area contributed by atoms with E-state index in [1.165, 1.54) is 5.56 Å². The van der Waals surface area contributed by atoms with E-state index in [2.05, 4.69) is 62.7 Å². The van der Waals surface area contributed by atoms with Crippen molar-refractivity contribution in [3.05, 3.63) is 76.3 Å². The summed E-state index contributed by atoms with van der Waals surface area (Å²) in [6.07, 6.45) is 3.23. The van der Waals surface area contributed by atoms with Crippen molar-refractivity contribution >= 4 is 15.9 Å². The Kier molecular flexibility index (Phi) is 4.92. The van der Waals surface area contributed by atoms with Crippen LogP contribution in [0.1, 0.15) is 16.7 Å². The Bertz CT molecular complexity index is 757. The second-order valence-corrected chi connectivity index (χ2v) is 6.15. The quantitative estimate of drug-likeness (QED) is 0.716. The van der Waals surface area contributed by atoms with Crippen LogP contribution in [0.2, 0.25) is 0 Å². The van der Waals surface area contributed by atoms with Gasteiger partial charge in [0.05, 0.1) is 6.54 Å². The van der Waals surface area contributed by atoms with Crippen molar-refractivity contribution in [1.29, 1.82) is 0 Å². The first-order chi connectivity index (χ1) is 11.2. The molecule has 2 aromatic carbocycles. The molecule has 5 nitrogen and oxygen atoms in total. The second-order valence-electron chi connectivity index (χ2n) is 5.23. The number of rotatable bonds is 6. The summed E-state index contributed by atoms with van der Waals surface area (Å²) in [5.41, 5.74) is 6.66. The van der Waals surface area contributed by atoms with Crippen molar-refractivity contribution in [3.8, 4) is 5.75 Å². The van der Waals surface area contributed by atoms with Gasteiger partial charge in [-0.3, -0.25) is 0 Å². The highest BCUT2D eigenvalue weighted by Gasteiger charge is 2.06. The van der Waals surface area contributed by atoms with E-state index in [0.29, 0.717) is 13.2 Å². The van der Waals surface area contributed by atoms with Crippen LogP contribution in [0, 0.1) is 6.92 Å². The number of hydrogen-bond donors (Lipinski definition) is 1. The Morgan fingerprint density at radius 3 is 2.57 bits per heavy atom. The third-order valence-electron chi connectivity index (χ3n) is 3.41. The van der Waals surface area contributed by atoms with Crippen LogP contribution in [0.15, 0.2) is 59.6 Å². The zero-order valence-corrected chi connectivity index (χ0v) is 14.3. The van der Waals surface area contributed by atoms with Crippen LogP contribution < -0.4 is 10.2 Å². The molecule has 0 atom stereocenters. The monoisotopic (exact) mass is 372 g/mol. The van der Waals surface area contributed by atoms with Gasteiger partial charge in [0.25, 0.3) is 0 Å². The van der Waals surface area contributed by atoms with E-state index in [0.717, 1.165) is 21.3 Å². The smallest absolute Gasteiger partial charge is 0.138 e. The lowest BCUT2D eigenvalue weighted by Gasteiger charge is -2.13. The van der Waals surface area contributed by atoms with E-state index in [1.807, 2.05) is 18.2 Å². The Morgan fingerprint density at radius 2 is 1.83 bits per heavy atom. The number of hydrogen-bond acceptors (Lipinski definition) is 4. The molecule has 3 aromatic rings. The van der Waals surface area contributed by atoms with Gasteiger partial charge >= 0.3 is 0 Å². The molecule has 0 saturated heterocycles. The summed E-state index contributed by atoms with van der Waals surface area (Å²) in [5, 5.41) is 7.53. The van der Waals surface area contributed by atoms with Crippen LogP contribution >= 0.6 is 15.9 Å². The minimum Gasteiger partial charge on any atom is -0.489 e. The maximum atomic E-state index is 5.99. The second kappa shape index (κ2) is 7.28. The molecule has 0 aliphatic heterocycles. The van der Waals surface area contributed by atoms with Crippen LogP contribution in [-0.4, -0.2) is 14.9 Å². The Balaban J connectivity index is 1.69. The average Bonchev–Trinajstić information content (AvgIpc) is 3.07. The lowest BCUT2D eigenvalue weighted by molar-refractivity contribution is 0.303. The molecule has 0 bridgehead atoms. The topological polar surface area (TPSA) is 52.0 Å². The predicted molar refractivity (Wildman–Crippen MR) is 92.7 cm³/mol. The summed E-state index contributed by atoms with van der Waals surface area (Å²) in [5.74, 6) is 0.856. The number of aromatic nitrogens is 3. The van der Waals surface area contributed by atoms with E-state index in [9.17, 15) is 0 Å². The molecule has 0 unspecified atom stereocenters. The summed E-state index contributed by atoms with van der Waals surface area (Å²) in [4.78, 5) is 0. The van der Waals surface area contributed by atoms with Gasteiger partial charge in [0.1, 0.15) is 25.0 Å². The van der Waals surface area contributed by atoms with Gasteiger partial charge in [0, 0.05) is 10.0 Å². The van der Waals surface area contributed by atoms with E-state index in [4.69, 9.17) is 4.74 Å². The number of nitrogens with one attached hydrogen (secondary N) is 1. The zero-order valence-electron chi connectivity index (χ0n) is 12.7. The molecule has 3 rings (SSSR count). The van der Waals surface area contributed by atoms with Crippen molar-refractivity contribution in [2.75, 3.05) is 5.43 Å². The van der Waals surface area contributed by atoms with Gasteiger partial charge in [0.15, 0.2) is 0 Å². The Hall–Kier alpha value is -2.34. The van der Waals surface area contributed by atoms with Crippen molar-refractivity contribution in [2.45, 2.75) is 20.1 Å². The molecule has 0 aliphatic rings. The summed E-state index contributed by atoms with van der Waals surface area (Å²) in [6.45, 7) is 3.23. The fourth-order valence-electron chi connectivity index (χ4n) is 2.13. The molecule has 1 heterocycles. The molecule has 1 N–H and O–H groups in total. The van der Waals surface area contributed by atoms with Crippen molar-refractivity contribution in [1.82, 2.24) is 14.9 Å². The van der Waals surface area contributed by atoms with Crippen LogP contribution in [0.3, 0.4) is 0 Å². The molecule has 1 aromatic heterocycles. The molecular weight excluding hydrogens is 356 g/mol. The highest BCUT2D eigenvalue weighted by atomic mass is 79.9. The molecule has 0 saturated carbocycles. The normalized spacial score (nSPS) is 10.5. The molecular formula is C17H17BrN4O. The number of aryl methyl sites for hydroxylation is 1. The van der Waals surface area contributed by atoms with Crippen LogP contribution in [0.25, 0.3) is 0 Å². The van der Waals surface area contributed by atoms with Gasteiger partial charge in [-0.15, -0.1) is 10.2 Å². The molecule has 0 amide bonds. The van der Waals surface area contributed by atoms with Crippen molar-refractivity contribution in [2.24, 2.45) is 0 Å². The van der Waals surface area contributed by atoms with Gasteiger partial charge in [0.2, 0.25) is 0 Å². The summed E-state index contributed by atoms with van der Waals surface area (Å²) < 4.78 is 8.71. The van der Waals surface area contributed by atoms with Gasteiger partial charge in [-0.25, -0.2) is 4.68 Å². The fourth-order valence-corrected chi connectivity index (χ4v) is 2.54. The third kappa shape index (κ3) is 4.32. The minimum atomic E-state index is 0.543. The lowest BCUT2D eigenvalue weighted by Crippen LogP contribution is -2.13. The zero-order chi connectivity index (χ0) is 16.1. The average molecular weight is 373 g/mol. The molecule has 0 radical (unpaired) electrons.